The van der Waals surface area contributed by atoms with Crippen molar-refractivity contribution in [2.75, 3.05) is 19.6 Å². The van der Waals surface area contributed by atoms with Crippen molar-refractivity contribution in [1.82, 2.24) is 20.1 Å². The standard InChI is InChI=1S/C19H20N4O/c24-19(13-23-5-1-2-6-23)9-18-8-16-7-14(17-11-21-22-12-17)3-4-15(16)10-20-18/h3-4,7-8,10-12H,1-2,5-6,9,13H2,(H,21,22). The summed E-state index contributed by atoms with van der Waals surface area (Å²) in [4.78, 5) is 19.0. The van der Waals surface area contributed by atoms with Crippen molar-refractivity contribution < 1.29 is 4.79 Å². The van der Waals surface area contributed by atoms with Crippen molar-refractivity contribution in [1.29, 1.82) is 0 Å². The topological polar surface area (TPSA) is 61.9 Å². The van der Waals surface area contributed by atoms with Gasteiger partial charge in [0.2, 0.25) is 0 Å². The Labute approximate surface area is 140 Å². The maximum Gasteiger partial charge on any atom is 0.152 e. The van der Waals surface area contributed by atoms with Gasteiger partial charge < -0.3 is 0 Å². The molecule has 5 nitrogen and oxygen atoms in total. The number of fused-ring (bicyclic) bond motifs is 1. The number of pyridine rings is 1. The lowest BCUT2D eigenvalue weighted by Crippen LogP contribution is -2.27. The van der Waals surface area contributed by atoms with Gasteiger partial charge in [0.05, 0.1) is 19.2 Å². The third kappa shape index (κ3) is 3.21. The number of rotatable bonds is 5. The molecule has 0 saturated carbocycles. The molecule has 4 rings (SSSR count). The summed E-state index contributed by atoms with van der Waals surface area (Å²) in [6.45, 7) is 2.64. The molecule has 24 heavy (non-hydrogen) atoms. The van der Waals surface area contributed by atoms with Crippen LogP contribution in [0.1, 0.15) is 18.5 Å². The summed E-state index contributed by atoms with van der Waals surface area (Å²) in [5, 5.41) is 9.02. The molecule has 2 aromatic heterocycles. The van der Waals surface area contributed by atoms with Gasteiger partial charge in [-0.3, -0.25) is 19.8 Å². The van der Waals surface area contributed by atoms with Crippen LogP contribution in [-0.4, -0.2) is 45.5 Å². The number of benzene rings is 1. The number of likely N-dealkylation sites (tertiary alicyclic amines) is 1. The molecule has 0 bridgehead atoms. The van der Waals surface area contributed by atoms with E-state index >= 15 is 0 Å². The molecule has 0 aliphatic carbocycles. The number of nitrogens with zero attached hydrogens (tertiary/aromatic N) is 3. The van der Waals surface area contributed by atoms with Gasteiger partial charge >= 0.3 is 0 Å². The van der Waals surface area contributed by atoms with Gasteiger partial charge in [0.1, 0.15) is 0 Å². The Bertz CT molecular complexity index is 851. The number of carbonyl (C=O) groups is 1. The van der Waals surface area contributed by atoms with E-state index in [2.05, 4.69) is 38.3 Å². The summed E-state index contributed by atoms with van der Waals surface area (Å²) < 4.78 is 0. The summed E-state index contributed by atoms with van der Waals surface area (Å²) in [7, 11) is 0. The number of ketones is 1. The summed E-state index contributed by atoms with van der Waals surface area (Å²) in [5.41, 5.74) is 3.01. The second-order valence-corrected chi connectivity index (χ2v) is 6.42. The molecule has 1 saturated heterocycles. The molecule has 0 radical (unpaired) electrons. The van der Waals surface area contributed by atoms with Crippen molar-refractivity contribution in [2.24, 2.45) is 0 Å². The maximum absolute atomic E-state index is 12.3. The molecule has 1 N–H and O–H groups in total. The number of aromatic nitrogens is 3. The van der Waals surface area contributed by atoms with E-state index < -0.39 is 0 Å². The molecule has 122 valence electrons. The van der Waals surface area contributed by atoms with Gasteiger partial charge in [-0.2, -0.15) is 5.10 Å². The Kier molecular flexibility index (Phi) is 4.09. The Morgan fingerprint density at radius 3 is 2.75 bits per heavy atom. The Morgan fingerprint density at radius 1 is 1.08 bits per heavy atom. The fraction of sp³-hybridized carbons (Fsp3) is 0.316. The molecular formula is C19H20N4O. The quantitative estimate of drug-likeness (QED) is 0.785. The number of carbonyl (C=O) groups excluding carboxylic acids is 1. The first-order valence-electron chi connectivity index (χ1n) is 8.40. The van der Waals surface area contributed by atoms with Crippen LogP contribution in [0.4, 0.5) is 0 Å². The number of Topliss-reactive ketones (excluding diaryl/α,β-unsaturated/α-hetero) is 1. The van der Waals surface area contributed by atoms with E-state index in [4.69, 9.17) is 0 Å². The molecule has 0 amide bonds. The molecule has 1 aliphatic rings. The van der Waals surface area contributed by atoms with Crippen molar-refractivity contribution in [2.45, 2.75) is 19.3 Å². The normalized spacial score (nSPS) is 15.2. The van der Waals surface area contributed by atoms with Gasteiger partial charge in [-0.15, -0.1) is 0 Å². The van der Waals surface area contributed by atoms with Crippen LogP contribution in [-0.2, 0) is 11.2 Å². The van der Waals surface area contributed by atoms with E-state index in [1.807, 2.05) is 24.7 Å². The third-order valence-corrected chi connectivity index (χ3v) is 4.59. The van der Waals surface area contributed by atoms with Crippen LogP contribution >= 0.6 is 0 Å². The number of hydrogen-bond acceptors (Lipinski definition) is 4. The van der Waals surface area contributed by atoms with Gasteiger partial charge in [-0.1, -0.05) is 12.1 Å². The minimum absolute atomic E-state index is 0.245. The second kappa shape index (κ2) is 6.53. The van der Waals surface area contributed by atoms with E-state index in [0.29, 0.717) is 13.0 Å². The molecule has 1 aliphatic heterocycles. The van der Waals surface area contributed by atoms with Crippen molar-refractivity contribution in [3.8, 4) is 11.1 Å². The highest BCUT2D eigenvalue weighted by atomic mass is 16.1. The largest absolute Gasteiger partial charge is 0.298 e. The van der Waals surface area contributed by atoms with Gasteiger partial charge in [-0.05, 0) is 49.0 Å². The third-order valence-electron chi connectivity index (χ3n) is 4.59. The van der Waals surface area contributed by atoms with Crippen molar-refractivity contribution >= 4 is 16.6 Å². The van der Waals surface area contributed by atoms with E-state index in [9.17, 15) is 4.79 Å². The lowest BCUT2D eigenvalue weighted by molar-refractivity contribution is -0.119. The van der Waals surface area contributed by atoms with E-state index in [0.717, 1.165) is 40.7 Å². The minimum atomic E-state index is 0.245. The molecular weight excluding hydrogens is 300 g/mol. The molecule has 3 heterocycles. The van der Waals surface area contributed by atoms with Crippen LogP contribution < -0.4 is 0 Å². The average molecular weight is 320 g/mol. The van der Waals surface area contributed by atoms with E-state index in [1.165, 1.54) is 12.8 Å². The molecule has 3 aromatic rings. The highest BCUT2D eigenvalue weighted by Gasteiger charge is 2.15. The summed E-state index contributed by atoms with van der Waals surface area (Å²) in [6, 6.07) is 8.27. The summed E-state index contributed by atoms with van der Waals surface area (Å²) in [5.74, 6) is 0.245. The zero-order chi connectivity index (χ0) is 16.4. The number of nitrogens with one attached hydrogen (secondary N) is 1. The average Bonchev–Trinajstić information content (AvgIpc) is 3.27. The molecule has 1 aromatic carbocycles. The van der Waals surface area contributed by atoms with Crippen LogP contribution in [0.15, 0.2) is 42.9 Å². The first-order chi connectivity index (χ1) is 11.8. The van der Waals surface area contributed by atoms with Gasteiger partial charge in [0.15, 0.2) is 5.78 Å². The number of hydrogen-bond donors (Lipinski definition) is 1. The van der Waals surface area contributed by atoms with E-state index in [-0.39, 0.29) is 5.78 Å². The Hall–Kier alpha value is -2.53. The van der Waals surface area contributed by atoms with Gasteiger partial charge in [0, 0.05) is 29.0 Å². The van der Waals surface area contributed by atoms with Gasteiger partial charge in [0.25, 0.3) is 0 Å². The number of H-pyrrole nitrogens is 1. The molecule has 0 unspecified atom stereocenters. The zero-order valence-corrected chi connectivity index (χ0v) is 13.5. The number of aromatic amines is 1. The van der Waals surface area contributed by atoms with Crippen LogP contribution in [0.25, 0.3) is 21.9 Å². The van der Waals surface area contributed by atoms with Crippen LogP contribution in [0, 0.1) is 0 Å². The van der Waals surface area contributed by atoms with Crippen LogP contribution in [0.5, 0.6) is 0 Å². The van der Waals surface area contributed by atoms with E-state index in [1.54, 1.807) is 0 Å². The minimum Gasteiger partial charge on any atom is -0.298 e. The maximum atomic E-state index is 12.3. The Morgan fingerprint density at radius 2 is 1.96 bits per heavy atom. The Balaban J connectivity index is 1.54. The smallest absolute Gasteiger partial charge is 0.152 e. The van der Waals surface area contributed by atoms with Crippen LogP contribution in [0.2, 0.25) is 0 Å². The van der Waals surface area contributed by atoms with Crippen LogP contribution in [0.3, 0.4) is 0 Å². The first kappa shape index (κ1) is 15.0. The fourth-order valence-corrected chi connectivity index (χ4v) is 3.32. The zero-order valence-electron chi connectivity index (χ0n) is 13.5. The highest BCUT2D eigenvalue weighted by molar-refractivity contribution is 5.88. The molecule has 0 atom stereocenters. The molecule has 5 heteroatoms. The fourth-order valence-electron chi connectivity index (χ4n) is 3.32. The van der Waals surface area contributed by atoms with Gasteiger partial charge in [-0.25, -0.2) is 0 Å². The lowest BCUT2D eigenvalue weighted by Gasteiger charge is -2.13. The highest BCUT2D eigenvalue weighted by Crippen LogP contribution is 2.23. The monoisotopic (exact) mass is 320 g/mol. The van der Waals surface area contributed by atoms with Crippen molar-refractivity contribution in [3.63, 3.8) is 0 Å². The van der Waals surface area contributed by atoms with Crippen molar-refractivity contribution in [3.05, 3.63) is 48.5 Å². The summed E-state index contributed by atoms with van der Waals surface area (Å²) >= 11 is 0. The SMILES string of the molecule is O=C(Cc1cc2cc(-c3cn[nH]c3)ccc2cn1)CN1CCCC1. The predicted octanol–water partition coefficient (Wildman–Crippen LogP) is 2.83. The predicted molar refractivity (Wildman–Crippen MR) is 93.7 cm³/mol. The second-order valence-electron chi connectivity index (χ2n) is 6.42. The summed E-state index contributed by atoms with van der Waals surface area (Å²) in [6.07, 6.45) is 8.36. The molecule has 1 fully saturated rings. The first-order valence-corrected chi connectivity index (χ1v) is 8.40. The molecule has 0 spiro atoms. The lowest BCUT2D eigenvalue weighted by atomic mass is 10.0.